The van der Waals surface area contributed by atoms with E-state index in [0.717, 1.165) is 21.6 Å². The van der Waals surface area contributed by atoms with Gasteiger partial charge < -0.3 is 4.74 Å². The lowest BCUT2D eigenvalue weighted by Gasteiger charge is -2.26. The monoisotopic (exact) mass is 348 g/mol. The molecule has 2 aromatic carbocycles. The average Bonchev–Trinajstić information content (AvgIpc) is 3.04. The van der Waals surface area contributed by atoms with Crippen molar-refractivity contribution in [3.8, 4) is 11.5 Å². The summed E-state index contributed by atoms with van der Waals surface area (Å²) in [7, 11) is 0. The number of carbonyl (C=O) groups is 1. The molecule has 0 atom stereocenters. The summed E-state index contributed by atoms with van der Waals surface area (Å²) in [5, 5.41) is 6.14. The number of thiophene rings is 1. The highest BCUT2D eigenvalue weighted by atomic mass is 32.1. The zero-order chi connectivity index (χ0) is 17.2. The number of para-hydroxylation sites is 2. The zero-order valence-electron chi connectivity index (χ0n) is 13.6. The molecule has 0 aliphatic carbocycles. The third-order valence-electron chi connectivity index (χ3n) is 4.20. The van der Waals surface area contributed by atoms with E-state index >= 15 is 0 Å². The number of hydrazone groups is 1. The molecule has 0 saturated heterocycles. The van der Waals surface area contributed by atoms with E-state index in [1.807, 2.05) is 66.9 Å². The molecule has 5 heteroatoms. The van der Waals surface area contributed by atoms with Crippen molar-refractivity contribution in [3.63, 3.8) is 0 Å². The first-order valence-electron chi connectivity index (χ1n) is 7.97. The fourth-order valence-electron chi connectivity index (χ4n) is 2.93. The Bertz CT molecular complexity index is 916. The van der Waals surface area contributed by atoms with Crippen LogP contribution in [0.2, 0.25) is 0 Å². The first-order chi connectivity index (χ1) is 12.2. The number of hydrogen-bond donors (Lipinski definition) is 1. The fraction of sp³-hybridized carbons (Fsp3) is 0.100. The molecular weight excluding hydrogens is 332 g/mol. The zero-order valence-corrected chi connectivity index (χ0v) is 14.4. The third-order valence-corrected chi connectivity index (χ3v) is 5.15. The molecule has 2 heterocycles. The van der Waals surface area contributed by atoms with E-state index in [4.69, 9.17) is 4.74 Å². The number of rotatable bonds is 3. The van der Waals surface area contributed by atoms with E-state index in [9.17, 15) is 4.79 Å². The molecule has 0 radical (unpaired) electrons. The van der Waals surface area contributed by atoms with Crippen LogP contribution < -0.4 is 10.2 Å². The summed E-state index contributed by atoms with van der Waals surface area (Å²) in [4.78, 5) is 13.9. The number of fused-ring (bicyclic) bond motifs is 2. The van der Waals surface area contributed by atoms with E-state index in [1.165, 1.54) is 0 Å². The molecule has 0 bridgehead atoms. The molecule has 25 heavy (non-hydrogen) atoms. The Balaban J connectivity index is 1.64. The van der Waals surface area contributed by atoms with Crippen LogP contribution in [0.1, 0.15) is 27.5 Å². The molecule has 1 amide bonds. The molecule has 124 valence electrons. The van der Waals surface area contributed by atoms with Crippen LogP contribution in [-0.2, 0) is 4.79 Å². The molecule has 4 nitrogen and oxygen atoms in total. The van der Waals surface area contributed by atoms with Gasteiger partial charge in [-0.25, -0.2) is 5.43 Å². The van der Waals surface area contributed by atoms with Crippen molar-refractivity contribution < 1.29 is 9.53 Å². The van der Waals surface area contributed by atoms with Crippen molar-refractivity contribution in [1.29, 1.82) is 0 Å². The predicted molar refractivity (Wildman–Crippen MR) is 99.6 cm³/mol. The molecule has 0 spiro atoms. The van der Waals surface area contributed by atoms with Gasteiger partial charge in [-0.15, -0.1) is 11.3 Å². The number of nitrogens with zero attached hydrogens (tertiary/aromatic N) is 1. The maximum Gasteiger partial charge on any atom is 0.252 e. The first kappa shape index (κ1) is 15.6. The van der Waals surface area contributed by atoms with Crippen molar-refractivity contribution in [2.45, 2.75) is 12.8 Å². The molecule has 1 aliphatic rings. The number of nitrogens with one attached hydrogen (secondary N) is 1. The van der Waals surface area contributed by atoms with Crippen molar-refractivity contribution >= 4 is 23.5 Å². The van der Waals surface area contributed by atoms with Crippen molar-refractivity contribution in [3.05, 3.63) is 81.5 Å². The van der Waals surface area contributed by atoms with Gasteiger partial charge in [0.05, 0.1) is 12.1 Å². The van der Waals surface area contributed by atoms with E-state index in [0.29, 0.717) is 11.5 Å². The molecule has 0 fully saturated rings. The summed E-state index contributed by atoms with van der Waals surface area (Å²) < 4.78 is 5.92. The minimum Gasteiger partial charge on any atom is -0.457 e. The Labute approximate surface area is 149 Å². The first-order valence-corrected chi connectivity index (χ1v) is 8.85. The van der Waals surface area contributed by atoms with Crippen LogP contribution in [0.5, 0.6) is 11.5 Å². The number of carbonyl (C=O) groups excluding carboxylic acids is 1. The molecule has 0 unspecified atom stereocenters. The van der Waals surface area contributed by atoms with E-state index < -0.39 is 5.92 Å². The quantitative estimate of drug-likeness (QED) is 0.562. The second kappa shape index (κ2) is 6.53. The van der Waals surface area contributed by atoms with Gasteiger partial charge in [0.2, 0.25) is 0 Å². The predicted octanol–water partition coefficient (Wildman–Crippen LogP) is 4.44. The van der Waals surface area contributed by atoms with Crippen LogP contribution >= 0.6 is 11.3 Å². The summed E-state index contributed by atoms with van der Waals surface area (Å²) >= 11 is 1.59. The Hall–Kier alpha value is -2.92. The summed E-state index contributed by atoms with van der Waals surface area (Å²) in [6.45, 7) is 2.02. The SMILES string of the molecule is Cc1ccsc1C=NNC(=O)C1c2ccccc2Oc2ccccc21. The molecule has 0 saturated carbocycles. The average molecular weight is 348 g/mol. The van der Waals surface area contributed by atoms with Crippen molar-refractivity contribution in [1.82, 2.24) is 5.43 Å². The highest BCUT2D eigenvalue weighted by Crippen LogP contribution is 2.43. The number of benzene rings is 2. The van der Waals surface area contributed by atoms with Crippen LogP contribution in [0.15, 0.2) is 65.1 Å². The minimum atomic E-state index is -0.442. The smallest absolute Gasteiger partial charge is 0.252 e. The number of hydrogen-bond acceptors (Lipinski definition) is 4. The molecule has 1 aromatic heterocycles. The van der Waals surface area contributed by atoms with E-state index in [2.05, 4.69) is 10.5 Å². The number of amides is 1. The van der Waals surface area contributed by atoms with Crippen molar-refractivity contribution in [2.24, 2.45) is 5.10 Å². The number of aryl methyl sites for hydroxylation is 1. The van der Waals surface area contributed by atoms with Crippen LogP contribution in [-0.4, -0.2) is 12.1 Å². The molecule has 1 N–H and O–H groups in total. The Kier molecular flexibility index (Phi) is 4.07. The van der Waals surface area contributed by atoms with Gasteiger partial charge in [-0.2, -0.15) is 5.10 Å². The lowest BCUT2D eigenvalue weighted by atomic mass is 9.87. The van der Waals surface area contributed by atoms with Crippen LogP contribution in [0.4, 0.5) is 0 Å². The Morgan fingerprint density at radius 3 is 2.32 bits per heavy atom. The van der Waals surface area contributed by atoms with E-state index in [-0.39, 0.29) is 5.91 Å². The van der Waals surface area contributed by atoms with Gasteiger partial charge in [-0.3, -0.25) is 4.79 Å². The summed E-state index contributed by atoms with van der Waals surface area (Å²) in [6.07, 6.45) is 1.69. The molecular formula is C20H16N2O2S. The van der Waals surface area contributed by atoms with Gasteiger partial charge in [0.15, 0.2) is 0 Å². The van der Waals surface area contributed by atoms with Crippen LogP contribution in [0.25, 0.3) is 0 Å². The Morgan fingerprint density at radius 2 is 1.72 bits per heavy atom. The second-order valence-electron chi connectivity index (χ2n) is 5.81. The third kappa shape index (κ3) is 2.94. The largest absolute Gasteiger partial charge is 0.457 e. The lowest BCUT2D eigenvalue weighted by Crippen LogP contribution is -2.28. The van der Waals surface area contributed by atoms with Gasteiger partial charge in [-0.1, -0.05) is 36.4 Å². The summed E-state index contributed by atoms with van der Waals surface area (Å²) in [6, 6.07) is 17.3. The van der Waals surface area contributed by atoms with Gasteiger partial charge in [0, 0.05) is 16.0 Å². The standard InChI is InChI=1S/C20H16N2O2S/c1-13-10-11-25-18(13)12-21-22-20(23)19-14-6-2-4-8-16(14)24-17-9-5-3-7-15(17)19/h2-12,19H,1H3,(H,22,23). The highest BCUT2D eigenvalue weighted by molar-refractivity contribution is 7.11. The van der Waals surface area contributed by atoms with Crippen LogP contribution in [0.3, 0.4) is 0 Å². The second-order valence-corrected chi connectivity index (χ2v) is 6.76. The maximum absolute atomic E-state index is 12.9. The van der Waals surface area contributed by atoms with E-state index in [1.54, 1.807) is 17.6 Å². The highest BCUT2D eigenvalue weighted by Gasteiger charge is 2.32. The lowest BCUT2D eigenvalue weighted by molar-refractivity contribution is -0.121. The van der Waals surface area contributed by atoms with Gasteiger partial charge >= 0.3 is 0 Å². The molecule has 3 aromatic rings. The van der Waals surface area contributed by atoms with Crippen molar-refractivity contribution in [2.75, 3.05) is 0 Å². The summed E-state index contributed by atoms with van der Waals surface area (Å²) in [5.41, 5.74) is 5.52. The number of ether oxygens (including phenoxy) is 1. The normalized spacial score (nSPS) is 13.2. The van der Waals surface area contributed by atoms with Crippen LogP contribution in [0, 0.1) is 6.92 Å². The topological polar surface area (TPSA) is 50.7 Å². The summed E-state index contributed by atoms with van der Waals surface area (Å²) in [5.74, 6) is 0.801. The minimum absolute atomic E-state index is 0.173. The molecule has 4 rings (SSSR count). The fourth-order valence-corrected chi connectivity index (χ4v) is 3.71. The van der Waals surface area contributed by atoms with Gasteiger partial charge in [0.1, 0.15) is 11.5 Å². The van der Waals surface area contributed by atoms with Gasteiger partial charge in [-0.05, 0) is 36.1 Å². The molecule has 1 aliphatic heterocycles. The van der Waals surface area contributed by atoms with Gasteiger partial charge in [0.25, 0.3) is 5.91 Å². The maximum atomic E-state index is 12.9. The Morgan fingerprint density at radius 1 is 1.08 bits per heavy atom.